The van der Waals surface area contributed by atoms with Crippen molar-refractivity contribution in [3.8, 4) is 0 Å². The highest BCUT2D eigenvalue weighted by molar-refractivity contribution is 5.80. The van der Waals surface area contributed by atoms with Crippen LogP contribution in [0.4, 0.5) is 4.79 Å². The number of rotatable bonds is 4. The number of nitrogens with one attached hydrogen (secondary N) is 1. The molecule has 1 N–H and O–H groups in total. The standard InChI is InChI=1S/C20H29N3O3/c1-16(17-5-3-2-4-6-17)15-21-20(25)23-9-7-18(8-10-23)19(24)22-11-13-26-14-12-22/h2-6,16,18H,7-15H2,1H3,(H,21,25). The van der Waals surface area contributed by atoms with E-state index in [4.69, 9.17) is 4.74 Å². The van der Waals surface area contributed by atoms with Crippen LogP contribution in [-0.2, 0) is 9.53 Å². The Morgan fingerprint density at radius 2 is 1.73 bits per heavy atom. The fourth-order valence-corrected chi connectivity index (χ4v) is 3.62. The Balaban J connectivity index is 1.41. The van der Waals surface area contributed by atoms with E-state index < -0.39 is 0 Å². The first-order valence-corrected chi connectivity index (χ1v) is 9.59. The summed E-state index contributed by atoms with van der Waals surface area (Å²) in [6, 6.07) is 10.2. The lowest BCUT2D eigenvalue weighted by Gasteiger charge is -2.35. The number of carbonyl (C=O) groups is 2. The third kappa shape index (κ3) is 4.75. The Morgan fingerprint density at radius 1 is 1.08 bits per heavy atom. The zero-order valence-corrected chi connectivity index (χ0v) is 15.5. The molecule has 142 valence electrons. The van der Waals surface area contributed by atoms with Gasteiger partial charge in [-0.25, -0.2) is 4.79 Å². The van der Waals surface area contributed by atoms with Gasteiger partial charge >= 0.3 is 6.03 Å². The van der Waals surface area contributed by atoms with Crippen LogP contribution in [0.3, 0.4) is 0 Å². The summed E-state index contributed by atoms with van der Waals surface area (Å²) in [5.41, 5.74) is 1.22. The minimum atomic E-state index is -0.0231. The van der Waals surface area contributed by atoms with Gasteiger partial charge < -0.3 is 19.9 Å². The van der Waals surface area contributed by atoms with Crippen molar-refractivity contribution in [1.82, 2.24) is 15.1 Å². The van der Waals surface area contributed by atoms with E-state index in [-0.39, 0.29) is 23.8 Å². The molecule has 0 bridgehead atoms. The van der Waals surface area contributed by atoms with E-state index in [9.17, 15) is 9.59 Å². The molecule has 0 saturated carbocycles. The summed E-state index contributed by atoms with van der Waals surface area (Å²) in [7, 11) is 0. The van der Waals surface area contributed by atoms with Crippen LogP contribution in [0.25, 0.3) is 0 Å². The smallest absolute Gasteiger partial charge is 0.317 e. The molecule has 2 aliphatic rings. The van der Waals surface area contributed by atoms with Gasteiger partial charge in [0.25, 0.3) is 0 Å². The van der Waals surface area contributed by atoms with Crippen molar-refractivity contribution in [2.75, 3.05) is 45.9 Å². The number of amides is 3. The molecule has 3 rings (SSSR count). The molecule has 2 fully saturated rings. The second-order valence-electron chi connectivity index (χ2n) is 7.20. The Morgan fingerprint density at radius 3 is 2.38 bits per heavy atom. The number of likely N-dealkylation sites (tertiary alicyclic amines) is 1. The van der Waals surface area contributed by atoms with Gasteiger partial charge in [0.05, 0.1) is 13.2 Å². The third-order valence-electron chi connectivity index (χ3n) is 5.38. The first kappa shape index (κ1) is 18.7. The quantitative estimate of drug-likeness (QED) is 0.895. The molecule has 0 spiro atoms. The molecule has 1 aromatic rings. The number of benzene rings is 1. The van der Waals surface area contributed by atoms with E-state index in [0.29, 0.717) is 45.9 Å². The number of piperidine rings is 1. The summed E-state index contributed by atoms with van der Waals surface area (Å²) in [5.74, 6) is 0.548. The number of morpholine rings is 1. The van der Waals surface area contributed by atoms with Crippen LogP contribution in [0.1, 0.15) is 31.2 Å². The molecule has 3 amide bonds. The summed E-state index contributed by atoms with van der Waals surface area (Å²) in [6.45, 7) is 6.67. The highest BCUT2D eigenvalue weighted by Crippen LogP contribution is 2.20. The molecule has 1 atom stereocenters. The first-order chi connectivity index (χ1) is 12.6. The van der Waals surface area contributed by atoms with Gasteiger partial charge in [-0.15, -0.1) is 0 Å². The maximum atomic E-state index is 12.6. The number of hydrogen-bond acceptors (Lipinski definition) is 3. The van der Waals surface area contributed by atoms with Gasteiger partial charge in [0.1, 0.15) is 0 Å². The molecule has 1 aromatic carbocycles. The molecule has 0 radical (unpaired) electrons. The van der Waals surface area contributed by atoms with E-state index in [0.717, 1.165) is 12.8 Å². The van der Waals surface area contributed by atoms with Gasteiger partial charge in [-0.05, 0) is 24.3 Å². The molecule has 2 saturated heterocycles. The fraction of sp³-hybridized carbons (Fsp3) is 0.600. The van der Waals surface area contributed by atoms with Crippen LogP contribution in [0.5, 0.6) is 0 Å². The number of carbonyl (C=O) groups excluding carboxylic acids is 2. The molecule has 2 aliphatic heterocycles. The van der Waals surface area contributed by atoms with Gasteiger partial charge in [0.15, 0.2) is 0 Å². The summed E-state index contributed by atoms with van der Waals surface area (Å²) in [4.78, 5) is 28.7. The average molecular weight is 359 g/mol. The van der Waals surface area contributed by atoms with E-state index in [1.54, 1.807) is 0 Å². The van der Waals surface area contributed by atoms with Crippen molar-refractivity contribution < 1.29 is 14.3 Å². The summed E-state index contributed by atoms with van der Waals surface area (Å²) in [5, 5.41) is 3.03. The zero-order chi connectivity index (χ0) is 18.4. The van der Waals surface area contributed by atoms with Crippen molar-refractivity contribution in [2.45, 2.75) is 25.7 Å². The Bertz CT molecular complexity index is 594. The van der Waals surface area contributed by atoms with Gasteiger partial charge in [0.2, 0.25) is 5.91 Å². The summed E-state index contributed by atoms with van der Waals surface area (Å²) >= 11 is 0. The van der Waals surface area contributed by atoms with E-state index >= 15 is 0 Å². The lowest BCUT2D eigenvalue weighted by molar-refractivity contribution is -0.141. The maximum Gasteiger partial charge on any atom is 0.317 e. The highest BCUT2D eigenvalue weighted by atomic mass is 16.5. The van der Waals surface area contributed by atoms with Gasteiger partial charge in [-0.3, -0.25) is 4.79 Å². The van der Waals surface area contributed by atoms with Crippen LogP contribution >= 0.6 is 0 Å². The predicted octanol–water partition coefficient (Wildman–Crippen LogP) is 2.07. The number of nitrogens with zero attached hydrogens (tertiary/aromatic N) is 2. The van der Waals surface area contributed by atoms with Crippen molar-refractivity contribution in [3.05, 3.63) is 35.9 Å². The highest BCUT2D eigenvalue weighted by Gasteiger charge is 2.30. The van der Waals surface area contributed by atoms with Crippen LogP contribution < -0.4 is 5.32 Å². The third-order valence-corrected chi connectivity index (χ3v) is 5.38. The first-order valence-electron chi connectivity index (χ1n) is 9.59. The minimum absolute atomic E-state index is 0.0231. The largest absolute Gasteiger partial charge is 0.378 e. The lowest BCUT2D eigenvalue weighted by Crippen LogP contribution is -2.49. The van der Waals surface area contributed by atoms with Crippen molar-refractivity contribution in [2.24, 2.45) is 5.92 Å². The maximum absolute atomic E-state index is 12.6. The van der Waals surface area contributed by atoms with Crippen molar-refractivity contribution >= 4 is 11.9 Å². The normalized spacial score (nSPS) is 19.9. The number of hydrogen-bond donors (Lipinski definition) is 1. The molecule has 6 heteroatoms. The molecule has 2 heterocycles. The van der Waals surface area contributed by atoms with Crippen LogP contribution in [0, 0.1) is 5.92 Å². The van der Waals surface area contributed by atoms with E-state index in [2.05, 4.69) is 24.4 Å². The predicted molar refractivity (Wildman–Crippen MR) is 100.0 cm³/mol. The molecular formula is C20H29N3O3. The average Bonchev–Trinajstić information content (AvgIpc) is 2.72. The Kier molecular flexibility index (Phi) is 6.50. The van der Waals surface area contributed by atoms with E-state index in [1.165, 1.54) is 5.56 Å². The van der Waals surface area contributed by atoms with Crippen LogP contribution in [0.15, 0.2) is 30.3 Å². The Labute approximate surface area is 155 Å². The number of urea groups is 1. The van der Waals surface area contributed by atoms with E-state index in [1.807, 2.05) is 28.0 Å². The second kappa shape index (κ2) is 9.03. The molecular weight excluding hydrogens is 330 g/mol. The zero-order valence-electron chi connectivity index (χ0n) is 15.5. The SMILES string of the molecule is CC(CNC(=O)N1CCC(C(=O)N2CCOCC2)CC1)c1ccccc1. The molecule has 0 aromatic heterocycles. The van der Waals surface area contributed by atoms with Gasteiger partial charge in [-0.1, -0.05) is 37.3 Å². The molecule has 1 unspecified atom stereocenters. The fourth-order valence-electron chi connectivity index (χ4n) is 3.62. The van der Waals surface area contributed by atoms with Crippen molar-refractivity contribution in [1.29, 1.82) is 0 Å². The van der Waals surface area contributed by atoms with Crippen molar-refractivity contribution in [3.63, 3.8) is 0 Å². The van der Waals surface area contributed by atoms with Gasteiger partial charge in [-0.2, -0.15) is 0 Å². The topological polar surface area (TPSA) is 61.9 Å². The van der Waals surface area contributed by atoms with Crippen LogP contribution in [-0.4, -0.2) is 67.7 Å². The summed E-state index contributed by atoms with van der Waals surface area (Å²) < 4.78 is 5.31. The Hall–Kier alpha value is -2.08. The molecule has 6 nitrogen and oxygen atoms in total. The minimum Gasteiger partial charge on any atom is -0.378 e. The van der Waals surface area contributed by atoms with Gasteiger partial charge in [0, 0.05) is 38.6 Å². The monoisotopic (exact) mass is 359 g/mol. The van der Waals surface area contributed by atoms with Crippen LogP contribution in [0.2, 0.25) is 0 Å². The molecule has 0 aliphatic carbocycles. The molecule has 26 heavy (non-hydrogen) atoms. The second-order valence-corrected chi connectivity index (χ2v) is 7.20. The number of ether oxygens (including phenoxy) is 1. The summed E-state index contributed by atoms with van der Waals surface area (Å²) in [6.07, 6.45) is 1.50. The lowest BCUT2D eigenvalue weighted by atomic mass is 9.95.